The SMILES string of the molecule is COc1ccc(C)cc1C(CN)c1ccncn1. The average molecular weight is 243 g/mol. The second-order valence-electron chi connectivity index (χ2n) is 4.17. The van der Waals surface area contributed by atoms with Crippen LogP contribution in [0.25, 0.3) is 0 Å². The Morgan fingerprint density at radius 1 is 1.33 bits per heavy atom. The molecule has 0 bridgehead atoms. The van der Waals surface area contributed by atoms with Gasteiger partial charge in [0.15, 0.2) is 0 Å². The maximum absolute atomic E-state index is 5.89. The highest BCUT2D eigenvalue weighted by Gasteiger charge is 2.18. The van der Waals surface area contributed by atoms with Gasteiger partial charge in [0, 0.05) is 24.2 Å². The van der Waals surface area contributed by atoms with E-state index in [0.29, 0.717) is 6.54 Å². The molecule has 0 radical (unpaired) electrons. The molecule has 4 heteroatoms. The van der Waals surface area contributed by atoms with Gasteiger partial charge in [-0.25, -0.2) is 9.97 Å². The van der Waals surface area contributed by atoms with Crippen LogP contribution >= 0.6 is 0 Å². The molecule has 0 aliphatic rings. The number of hydrogen-bond donors (Lipinski definition) is 1. The zero-order chi connectivity index (χ0) is 13.0. The fourth-order valence-electron chi connectivity index (χ4n) is 2.04. The molecule has 4 nitrogen and oxygen atoms in total. The lowest BCUT2D eigenvalue weighted by molar-refractivity contribution is 0.407. The van der Waals surface area contributed by atoms with E-state index in [-0.39, 0.29) is 5.92 Å². The lowest BCUT2D eigenvalue weighted by Gasteiger charge is -2.18. The first-order valence-electron chi connectivity index (χ1n) is 5.86. The van der Waals surface area contributed by atoms with Gasteiger partial charge in [0.05, 0.1) is 12.8 Å². The molecule has 18 heavy (non-hydrogen) atoms. The van der Waals surface area contributed by atoms with Crippen molar-refractivity contribution in [1.29, 1.82) is 0 Å². The molecule has 1 heterocycles. The average Bonchev–Trinajstić information content (AvgIpc) is 2.41. The van der Waals surface area contributed by atoms with Crippen molar-refractivity contribution in [3.63, 3.8) is 0 Å². The van der Waals surface area contributed by atoms with Crippen LogP contribution in [-0.2, 0) is 0 Å². The third kappa shape index (κ3) is 2.49. The summed E-state index contributed by atoms with van der Waals surface area (Å²) in [6, 6.07) is 7.97. The van der Waals surface area contributed by atoms with Crippen LogP contribution in [0.5, 0.6) is 5.75 Å². The van der Waals surface area contributed by atoms with Gasteiger partial charge in [-0.15, -0.1) is 0 Å². The van der Waals surface area contributed by atoms with Crippen LogP contribution in [-0.4, -0.2) is 23.6 Å². The summed E-state index contributed by atoms with van der Waals surface area (Å²) >= 11 is 0. The topological polar surface area (TPSA) is 61.0 Å². The Kier molecular flexibility index (Phi) is 3.89. The summed E-state index contributed by atoms with van der Waals surface area (Å²) in [7, 11) is 1.67. The van der Waals surface area contributed by atoms with Crippen LogP contribution in [0.15, 0.2) is 36.8 Å². The highest BCUT2D eigenvalue weighted by atomic mass is 16.5. The number of nitrogens with zero attached hydrogens (tertiary/aromatic N) is 2. The second-order valence-corrected chi connectivity index (χ2v) is 4.17. The van der Waals surface area contributed by atoms with Crippen LogP contribution in [0.2, 0.25) is 0 Å². The highest BCUT2D eigenvalue weighted by Crippen LogP contribution is 2.30. The van der Waals surface area contributed by atoms with E-state index in [9.17, 15) is 0 Å². The number of rotatable bonds is 4. The molecule has 1 unspecified atom stereocenters. The van der Waals surface area contributed by atoms with Gasteiger partial charge in [0.25, 0.3) is 0 Å². The van der Waals surface area contributed by atoms with Gasteiger partial charge < -0.3 is 10.5 Å². The van der Waals surface area contributed by atoms with Crippen LogP contribution in [0.3, 0.4) is 0 Å². The van der Waals surface area contributed by atoms with E-state index >= 15 is 0 Å². The normalized spacial score (nSPS) is 12.2. The molecule has 2 aromatic rings. The van der Waals surface area contributed by atoms with Crippen molar-refractivity contribution in [2.24, 2.45) is 5.73 Å². The van der Waals surface area contributed by atoms with Crippen molar-refractivity contribution in [3.8, 4) is 5.75 Å². The number of aryl methyl sites for hydroxylation is 1. The third-order valence-corrected chi connectivity index (χ3v) is 2.96. The number of ether oxygens (including phenoxy) is 1. The molecule has 0 aliphatic heterocycles. The number of nitrogens with two attached hydrogens (primary N) is 1. The van der Waals surface area contributed by atoms with Crippen molar-refractivity contribution in [1.82, 2.24) is 9.97 Å². The Hall–Kier alpha value is -1.94. The summed E-state index contributed by atoms with van der Waals surface area (Å²) in [6.45, 7) is 2.54. The van der Waals surface area contributed by atoms with Gasteiger partial charge in [-0.05, 0) is 19.1 Å². The smallest absolute Gasteiger partial charge is 0.122 e. The molecule has 0 aliphatic carbocycles. The van der Waals surface area contributed by atoms with Crippen LogP contribution < -0.4 is 10.5 Å². The Labute approximate surface area is 107 Å². The summed E-state index contributed by atoms with van der Waals surface area (Å²) in [5.74, 6) is 0.873. The highest BCUT2D eigenvalue weighted by molar-refractivity contribution is 5.43. The zero-order valence-corrected chi connectivity index (χ0v) is 10.6. The third-order valence-electron chi connectivity index (χ3n) is 2.96. The maximum atomic E-state index is 5.89. The first-order valence-corrected chi connectivity index (χ1v) is 5.86. The van der Waals surface area contributed by atoms with E-state index in [1.807, 2.05) is 18.2 Å². The van der Waals surface area contributed by atoms with Crippen molar-refractivity contribution in [2.75, 3.05) is 13.7 Å². The molecule has 0 saturated heterocycles. The van der Waals surface area contributed by atoms with Gasteiger partial charge in [0.2, 0.25) is 0 Å². The van der Waals surface area contributed by atoms with Gasteiger partial charge in [-0.3, -0.25) is 0 Å². The van der Waals surface area contributed by atoms with Crippen molar-refractivity contribution in [2.45, 2.75) is 12.8 Å². The molecular formula is C14H17N3O. The van der Waals surface area contributed by atoms with Crippen LogP contribution in [0.4, 0.5) is 0 Å². The molecule has 1 aromatic heterocycles. The van der Waals surface area contributed by atoms with Gasteiger partial charge in [-0.2, -0.15) is 0 Å². The summed E-state index contributed by atoms with van der Waals surface area (Å²) in [4.78, 5) is 8.22. The summed E-state index contributed by atoms with van der Waals surface area (Å²) in [5, 5.41) is 0. The molecule has 0 amide bonds. The molecule has 0 fully saturated rings. The Bertz CT molecular complexity index is 514. The van der Waals surface area contributed by atoms with Gasteiger partial charge in [-0.1, -0.05) is 17.7 Å². The molecule has 1 atom stereocenters. The van der Waals surface area contributed by atoms with E-state index in [2.05, 4.69) is 23.0 Å². The van der Waals surface area contributed by atoms with Gasteiger partial charge >= 0.3 is 0 Å². The van der Waals surface area contributed by atoms with Crippen molar-refractivity contribution < 1.29 is 4.74 Å². The maximum Gasteiger partial charge on any atom is 0.122 e. The van der Waals surface area contributed by atoms with E-state index < -0.39 is 0 Å². The zero-order valence-electron chi connectivity index (χ0n) is 10.6. The minimum atomic E-state index is 0.0304. The molecule has 0 saturated carbocycles. The molecule has 0 spiro atoms. The van der Waals surface area contributed by atoms with Crippen molar-refractivity contribution >= 4 is 0 Å². The second kappa shape index (κ2) is 5.60. The fraction of sp³-hybridized carbons (Fsp3) is 0.286. The first-order chi connectivity index (χ1) is 8.76. The van der Waals surface area contributed by atoms with E-state index in [1.165, 1.54) is 5.56 Å². The standard InChI is InChI=1S/C14H17N3O/c1-10-3-4-14(18-2)11(7-10)12(8-15)13-5-6-16-9-17-13/h3-7,9,12H,8,15H2,1-2H3. The summed E-state index contributed by atoms with van der Waals surface area (Å²) in [5.41, 5.74) is 9.06. The molecule has 1 aromatic carbocycles. The van der Waals surface area contributed by atoms with Crippen LogP contribution in [0, 0.1) is 6.92 Å². The fourth-order valence-corrected chi connectivity index (χ4v) is 2.04. The van der Waals surface area contributed by atoms with E-state index in [0.717, 1.165) is 17.0 Å². The number of methoxy groups -OCH3 is 1. The minimum Gasteiger partial charge on any atom is -0.496 e. The Balaban J connectivity index is 2.48. The molecule has 94 valence electrons. The molecular weight excluding hydrogens is 226 g/mol. The van der Waals surface area contributed by atoms with E-state index in [4.69, 9.17) is 10.5 Å². The molecule has 2 N–H and O–H groups in total. The van der Waals surface area contributed by atoms with Gasteiger partial charge in [0.1, 0.15) is 12.1 Å². The Morgan fingerprint density at radius 3 is 2.78 bits per heavy atom. The lowest BCUT2D eigenvalue weighted by atomic mass is 9.93. The first kappa shape index (κ1) is 12.5. The lowest BCUT2D eigenvalue weighted by Crippen LogP contribution is -2.16. The number of benzene rings is 1. The largest absolute Gasteiger partial charge is 0.496 e. The van der Waals surface area contributed by atoms with Crippen molar-refractivity contribution in [3.05, 3.63) is 53.6 Å². The summed E-state index contributed by atoms with van der Waals surface area (Å²) in [6.07, 6.45) is 3.27. The monoisotopic (exact) mass is 243 g/mol. The predicted octanol–water partition coefficient (Wildman–Crippen LogP) is 1.88. The van der Waals surface area contributed by atoms with E-state index in [1.54, 1.807) is 19.6 Å². The minimum absolute atomic E-state index is 0.0304. The Morgan fingerprint density at radius 2 is 2.17 bits per heavy atom. The quantitative estimate of drug-likeness (QED) is 0.890. The molecule has 2 rings (SSSR count). The number of hydrogen-bond acceptors (Lipinski definition) is 4. The summed E-state index contributed by atoms with van der Waals surface area (Å²) < 4.78 is 5.41. The predicted molar refractivity (Wildman–Crippen MR) is 70.7 cm³/mol. The number of aromatic nitrogens is 2. The van der Waals surface area contributed by atoms with Crippen LogP contribution in [0.1, 0.15) is 22.7 Å².